The summed E-state index contributed by atoms with van der Waals surface area (Å²) in [4.78, 5) is 0. The Hall–Kier alpha value is -1.51. The maximum Gasteiger partial charge on any atom is 0.119 e. The minimum atomic E-state index is 0.230. The van der Waals surface area contributed by atoms with Crippen molar-refractivity contribution < 1.29 is 4.74 Å². The van der Waals surface area contributed by atoms with Gasteiger partial charge in [0, 0.05) is 11.1 Å². The predicted octanol–water partition coefficient (Wildman–Crippen LogP) is 4.20. The Kier molecular flexibility index (Phi) is 5.45. The van der Waals surface area contributed by atoms with Crippen LogP contribution in [0.3, 0.4) is 0 Å². The molecule has 0 aromatic heterocycles. The number of halogens is 1. The lowest BCUT2D eigenvalue weighted by Crippen LogP contribution is -2.21. The standard InChI is InChI=1S/C17H20ClNO/c1-2-16(19)11-13-6-8-17(9-7-13)20-12-14-4-3-5-15(18)10-14/h3-10,16H,2,11-12,19H2,1H3. The second-order valence-corrected chi connectivity index (χ2v) is 5.37. The van der Waals surface area contributed by atoms with Gasteiger partial charge in [0.05, 0.1) is 0 Å². The Bertz CT molecular complexity index is 539. The molecule has 3 heteroatoms. The van der Waals surface area contributed by atoms with Crippen molar-refractivity contribution >= 4 is 11.6 Å². The van der Waals surface area contributed by atoms with Gasteiger partial charge < -0.3 is 10.5 Å². The van der Waals surface area contributed by atoms with Gasteiger partial charge in [0.25, 0.3) is 0 Å². The molecule has 0 aliphatic rings. The van der Waals surface area contributed by atoms with Crippen molar-refractivity contribution in [3.05, 3.63) is 64.7 Å². The summed E-state index contributed by atoms with van der Waals surface area (Å²) in [6.45, 7) is 2.63. The highest BCUT2D eigenvalue weighted by atomic mass is 35.5. The molecule has 0 saturated carbocycles. The van der Waals surface area contributed by atoms with E-state index >= 15 is 0 Å². The minimum Gasteiger partial charge on any atom is -0.489 e. The molecule has 2 nitrogen and oxygen atoms in total. The molecule has 0 bridgehead atoms. The molecule has 106 valence electrons. The number of nitrogens with two attached hydrogens (primary N) is 1. The van der Waals surface area contributed by atoms with Crippen LogP contribution in [0.25, 0.3) is 0 Å². The summed E-state index contributed by atoms with van der Waals surface area (Å²) in [6.07, 6.45) is 1.90. The Morgan fingerprint density at radius 2 is 1.85 bits per heavy atom. The first kappa shape index (κ1) is 14.9. The molecule has 0 amide bonds. The number of hydrogen-bond donors (Lipinski definition) is 1. The van der Waals surface area contributed by atoms with E-state index in [4.69, 9.17) is 22.1 Å². The van der Waals surface area contributed by atoms with Crippen molar-refractivity contribution in [1.29, 1.82) is 0 Å². The second kappa shape index (κ2) is 7.32. The van der Waals surface area contributed by atoms with Crippen LogP contribution in [0, 0.1) is 0 Å². The largest absolute Gasteiger partial charge is 0.489 e. The zero-order valence-corrected chi connectivity index (χ0v) is 12.4. The highest BCUT2D eigenvalue weighted by Gasteiger charge is 2.02. The molecular weight excluding hydrogens is 270 g/mol. The molecule has 2 rings (SSSR count). The Balaban J connectivity index is 1.90. The lowest BCUT2D eigenvalue weighted by Gasteiger charge is -2.10. The molecular formula is C17H20ClNO. The third kappa shape index (κ3) is 4.55. The van der Waals surface area contributed by atoms with E-state index in [1.807, 2.05) is 36.4 Å². The van der Waals surface area contributed by atoms with E-state index in [2.05, 4.69) is 19.1 Å². The molecule has 0 aliphatic heterocycles. The van der Waals surface area contributed by atoms with E-state index in [0.29, 0.717) is 6.61 Å². The van der Waals surface area contributed by atoms with E-state index in [1.54, 1.807) is 0 Å². The summed E-state index contributed by atoms with van der Waals surface area (Å²) in [7, 11) is 0. The molecule has 20 heavy (non-hydrogen) atoms. The molecule has 0 saturated heterocycles. The van der Waals surface area contributed by atoms with Crippen molar-refractivity contribution in [1.82, 2.24) is 0 Å². The van der Waals surface area contributed by atoms with E-state index < -0.39 is 0 Å². The lowest BCUT2D eigenvalue weighted by atomic mass is 10.0. The van der Waals surface area contributed by atoms with Crippen molar-refractivity contribution in [3.63, 3.8) is 0 Å². The van der Waals surface area contributed by atoms with E-state index in [0.717, 1.165) is 29.2 Å². The smallest absolute Gasteiger partial charge is 0.119 e. The van der Waals surface area contributed by atoms with Crippen LogP contribution in [-0.4, -0.2) is 6.04 Å². The molecule has 0 aliphatic carbocycles. The maximum atomic E-state index is 5.95. The van der Waals surface area contributed by atoms with Gasteiger partial charge in [-0.15, -0.1) is 0 Å². The Morgan fingerprint density at radius 1 is 1.10 bits per heavy atom. The first-order valence-electron chi connectivity index (χ1n) is 6.89. The van der Waals surface area contributed by atoms with Gasteiger partial charge in [-0.1, -0.05) is 42.8 Å². The topological polar surface area (TPSA) is 35.2 Å². The summed E-state index contributed by atoms with van der Waals surface area (Å²) in [6, 6.07) is 16.0. The minimum absolute atomic E-state index is 0.230. The van der Waals surface area contributed by atoms with Gasteiger partial charge in [-0.2, -0.15) is 0 Å². The monoisotopic (exact) mass is 289 g/mol. The molecule has 2 aromatic rings. The van der Waals surface area contributed by atoms with Crippen LogP contribution in [0.2, 0.25) is 5.02 Å². The first-order chi connectivity index (χ1) is 9.67. The highest BCUT2D eigenvalue weighted by molar-refractivity contribution is 6.30. The van der Waals surface area contributed by atoms with Crippen molar-refractivity contribution in [2.24, 2.45) is 5.73 Å². The van der Waals surface area contributed by atoms with E-state index in [9.17, 15) is 0 Å². The van der Waals surface area contributed by atoms with Gasteiger partial charge in [0.15, 0.2) is 0 Å². The van der Waals surface area contributed by atoms with Gasteiger partial charge >= 0.3 is 0 Å². The molecule has 0 heterocycles. The second-order valence-electron chi connectivity index (χ2n) is 4.93. The number of benzene rings is 2. The molecule has 1 atom stereocenters. The number of rotatable bonds is 6. The summed E-state index contributed by atoms with van der Waals surface area (Å²) in [5.41, 5.74) is 8.26. The van der Waals surface area contributed by atoms with E-state index in [-0.39, 0.29) is 6.04 Å². The SMILES string of the molecule is CCC(N)Cc1ccc(OCc2cccc(Cl)c2)cc1. The highest BCUT2D eigenvalue weighted by Crippen LogP contribution is 2.17. The Morgan fingerprint density at radius 3 is 2.50 bits per heavy atom. The van der Waals surface area contributed by atoms with E-state index in [1.165, 1.54) is 5.56 Å². The number of ether oxygens (including phenoxy) is 1. The zero-order valence-electron chi connectivity index (χ0n) is 11.7. The van der Waals surface area contributed by atoms with Gasteiger partial charge in [-0.3, -0.25) is 0 Å². The van der Waals surface area contributed by atoms with Gasteiger partial charge in [-0.05, 0) is 48.2 Å². The molecule has 0 spiro atoms. The van der Waals surface area contributed by atoms with Gasteiger partial charge in [0.1, 0.15) is 12.4 Å². The normalized spacial score (nSPS) is 12.2. The van der Waals surface area contributed by atoms with Crippen molar-refractivity contribution in [2.75, 3.05) is 0 Å². The maximum absolute atomic E-state index is 5.95. The fourth-order valence-corrected chi connectivity index (χ4v) is 2.18. The van der Waals surface area contributed by atoms with Crippen LogP contribution in [0.1, 0.15) is 24.5 Å². The van der Waals surface area contributed by atoms with Gasteiger partial charge in [0.2, 0.25) is 0 Å². The Labute approximate surface area is 125 Å². The summed E-state index contributed by atoms with van der Waals surface area (Å²) in [5, 5.41) is 0.731. The molecule has 0 radical (unpaired) electrons. The summed E-state index contributed by atoms with van der Waals surface area (Å²) < 4.78 is 5.74. The molecule has 2 N–H and O–H groups in total. The average Bonchev–Trinajstić information content (AvgIpc) is 2.46. The third-order valence-electron chi connectivity index (χ3n) is 3.24. The predicted molar refractivity (Wildman–Crippen MR) is 84.2 cm³/mol. The fourth-order valence-electron chi connectivity index (χ4n) is 1.96. The van der Waals surface area contributed by atoms with Crippen LogP contribution < -0.4 is 10.5 Å². The average molecular weight is 290 g/mol. The first-order valence-corrected chi connectivity index (χ1v) is 7.27. The van der Waals surface area contributed by atoms with Gasteiger partial charge in [-0.25, -0.2) is 0 Å². The third-order valence-corrected chi connectivity index (χ3v) is 3.48. The lowest BCUT2D eigenvalue weighted by molar-refractivity contribution is 0.306. The van der Waals surface area contributed by atoms with Crippen LogP contribution >= 0.6 is 11.6 Å². The van der Waals surface area contributed by atoms with Crippen molar-refractivity contribution in [2.45, 2.75) is 32.4 Å². The molecule has 0 fully saturated rings. The zero-order chi connectivity index (χ0) is 14.4. The van der Waals surface area contributed by atoms with Crippen LogP contribution in [0.5, 0.6) is 5.75 Å². The molecule has 1 unspecified atom stereocenters. The number of hydrogen-bond acceptors (Lipinski definition) is 2. The van der Waals surface area contributed by atoms with Crippen LogP contribution in [0.15, 0.2) is 48.5 Å². The van der Waals surface area contributed by atoms with Crippen LogP contribution in [-0.2, 0) is 13.0 Å². The molecule has 2 aromatic carbocycles. The summed E-state index contributed by atoms with van der Waals surface area (Å²) in [5.74, 6) is 0.860. The fraction of sp³-hybridized carbons (Fsp3) is 0.294. The summed E-state index contributed by atoms with van der Waals surface area (Å²) >= 11 is 5.94. The van der Waals surface area contributed by atoms with Crippen LogP contribution in [0.4, 0.5) is 0 Å². The van der Waals surface area contributed by atoms with Crippen molar-refractivity contribution in [3.8, 4) is 5.75 Å². The quantitative estimate of drug-likeness (QED) is 0.865.